The Morgan fingerprint density at radius 2 is 1.82 bits per heavy atom. The van der Waals surface area contributed by atoms with E-state index in [1.165, 1.54) is 0 Å². The molecule has 66 valence electrons. The highest BCUT2D eigenvalue weighted by Crippen LogP contribution is 1.82. The molecule has 0 aliphatic carbocycles. The topological polar surface area (TPSA) is 89.8 Å². The summed E-state index contributed by atoms with van der Waals surface area (Å²) in [5, 5.41) is 27.6. The van der Waals surface area contributed by atoms with Crippen LogP contribution in [0.2, 0.25) is 0 Å². The molecule has 0 aliphatic heterocycles. The Labute approximate surface area is 64.7 Å². The van der Waals surface area contributed by atoms with E-state index in [0.29, 0.717) is 0 Å². The van der Waals surface area contributed by atoms with Crippen molar-refractivity contribution in [2.75, 3.05) is 19.8 Å². The van der Waals surface area contributed by atoms with Crippen molar-refractivity contribution in [3.63, 3.8) is 0 Å². The molecule has 0 rings (SSSR count). The van der Waals surface area contributed by atoms with E-state index < -0.39 is 6.04 Å². The Balaban J connectivity index is 3.54. The van der Waals surface area contributed by atoms with Crippen LogP contribution in [0, 0.1) is 0 Å². The summed E-state index contributed by atoms with van der Waals surface area (Å²) in [5.41, 5.74) is 0. The summed E-state index contributed by atoms with van der Waals surface area (Å²) in [4.78, 5) is 10.7. The number of carbonyl (C=O) groups is 1. The second-order valence-corrected chi connectivity index (χ2v) is 2.10. The van der Waals surface area contributed by atoms with Crippen molar-refractivity contribution in [3.8, 4) is 0 Å². The highest BCUT2D eigenvalue weighted by atomic mass is 16.3. The number of aliphatic hydroxyl groups excluding tert-OH is 3. The minimum absolute atomic E-state index is 0.00347. The fourth-order valence-electron chi connectivity index (χ4n) is 0.550. The van der Waals surface area contributed by atoms with Gasteiger partial charge in [0.1, 0.15) is 0 Å². The zero-order chi connectivity index (χ0) is 8.69. The molecule has 0 aliphatic rings. The molecule has 4 N–H and O–H groups in total. The SMILES string of the molecule is O=C(CCO)NC(CO)CO. The van der Waals surface area contributed by atoms with Gasteiger partial charge in [0.2, 0.25) is 5.91 Å². The first-order valence-electron chi connectivity index (χ1n) is 3.36. The second kappa shape index (κ2) is 6.09. The maximum atomic E-state index is 10.7. The highest BCUT2D eigenvalue weighted by molar-refractivity contribution is 5.76. The first kappa shape index (κ1) is 10.3. The monoisotopic (exact) mass is 163 g/mol. The molecule has 0 bridgehead atoms. The molecule has 0 aromatic rings. The van der Waals surface area contributed by atoms with Crippen molar-refractivity contribution >= 4 is 5.91 Å². The molecular formula is C6H13NO4. The van der Waals surface area contributed by atoms with Crippen LogP contribution in [0.4, 0.5) is 0 Å². The van der Waals surface area contributed by atoms with Crippen LogP contribution in [0.15, 0.2) is 0 Å². The van der Waals surface area contributed by atoms with Crippen molar-refractivity contribution in [2.24, 2.45) is 0 Å². The number of carbonyl (C=O) groups excluding carboxylic acids is 1. The van der Waals surface area contributed by atoms with Gasteiger partial charge in [-0.05, 0) is 0 Å². The fraction of sp³-hybridized carbons (Fsp3) is 0.833. The van der Waals surface area contributed by atoms with E-state index >= 15 is 0 Å². The third-order valence-electron chi connectivity index (χ3n) is 1.14. The largest absolute Gasteiger partial charge is 0.396 e. The van der Waals surface area contributed by atoms with Crippen LogP contribution in [0.25, 0.3) is 0 Å². The Hall–Kier alpha value is -0.650. The maximum absolute atomic E-state index is 10.7. The molecule has 0 aromatic carbocycles. The molecule has 11 heavy (non-hydrogen) atoms. The van der Waals surface area contributed by atoms with Crippen LogP contribution in [-0.4, -0.2) is 47.1 Å². The summed E-state index contributed by atoms with van der Waals surface area (Å²) in [6.07, 6.45) is -0.00347. The van der Waals surface area contributed by atoms with E-state index in [9.17, 15) is 4.79 Å². The Morgan fingerprint density at radius 3 is 2.18 bits per heavy atom. The van der Waals surface area contributed by atoms with Gasteiger partial charge < -0.3 is 20.6 Å². The number of hydrogen-bond acceptors (Lipinski definition) is 4. The van der Waals surface area contributed by atoms with Crippen LogP contribution in [0.3, 0.4) is 0 Å². The van der Waals surface area contributed by atoms with E-state index in [1.807, 2.05) is 0 Å². The molecule has 5 nitrogen and oxygen atoms in total. The summed E-state index contributed by atoms with van der Waals surface area (Å²) in [5.74, 6) is -0.374. The summed E-state index contributed by atoms with van der Waals surface area (Å²) < 4.78 is 0. The van der Waals surface area contributed by atoms with E-state index in [4.69, 9.17) is 15.3 Å². The predicted octanol–water partition coefficient (Wildman–Crippen LogP) is -2.16. The lowest BCUT2D eigenvalue weighted by molar-refractivity contribution is -0.123. The molecule has 1 amide bonds. The number of hydrogen-bond donors (Lipinski definition) is 4. The first-order valence-corrected chi connectivity index (χ1v) is 3.36. The summed E-state index contributed by atoms with van der Waals surface area (Å²) in [6, 6.07) is -0.617. The maximum Gasteiger partial charge on any atom is 0.222 e. The average Bonchev–Trinajstić information content (AvgIpc) is 2.01. The minimum Gasteiger partial charge on any atom is -0.396 e. The van der Waals surface area contributed by atoms with Crippen LogP contribution >= 0.6 is 0 Å². The van der Waals surface area contributed by atoms with Crippen LogP contribution in [-0.2, 0) is 4.79 Å². The highest BCUT2D eigenvalue weighted by Gasteiger charge is 2.08. The van der Waals surface area contributed by atoms with Crippen LogP contribution in [0.5, 0.6) is 0 Å². The lowest BCUT2D eigenvalue weighted by Gasteiger charge is -2.12. The van der Waals surface area contributed by atoms with Gasteiger partial charge in [0.25, 0.3) is 0 Å². The lowest BCUT2D eigenvalue weighted by atomic mass is 10.3. The Morgan fingerprint density at radius 1 is 1.27 bits per heavy atom. The van der Waals surface area contributed by atoms with Gasteiger partial charge in [0, 0.05) is 6.42 Å². The molecule has 0 saturated carbocycles. The first-order chi connectivity index (χ1) is 5.24. The van der Waals surface area contributed by atoms with Crippen molar-refractivity contribution in [2.45, 2.75) is 12.5 Å². The smallest absolute Gasteiger partial charge is 0.222 e. The second-order valence-electron chi connectivity index (χ2n) is 2.10. The molecule has 0 aromatic heterocycles. The van der Waals surface area contributed by atoms with Crippen LogP contribution in [0.1, 0.15) is 6.42 Å². The quantitative estimate of drug-likeness (QED) is 0.371. The third-order valence-corrected chi connectivity index (χ3v) is 1.14. The van der Waals surface area contributed by atoms with E-state index in [0.717, 1.165) is 0 Å². The number of aliphatic hydroxyl groups is 3. The summed E-state index contributed by atoms with van der Waals surface area (Å²) >= 11 is 0. The zero-order valence-corrected chi connectivity index (χ0v) is 6.16. The van der Waals surface area contributed by atoms with Crippen molar-refractivity contribution in [1.82, 2.24) is 5.32 Å². The summed E-state index contributed by atoms with van der Waals surface area (Å²) in [6.45, 7) is -0.823. The molecule has 0 heterocycles. The Bertz CT molecular complexity index is 113. The number of amides is 1. The van der Waals surface area contributed by atoms with E-state index in [-0.39, 0.29) is 32.1 Å². The van der Waals surface area contributed by atoms with Crippen molar-refractivity contribution < 1.29 is 20.1 Å². The van der Waals surface area contributed by atoms with Crippen LogP contribution < -0.4 is 5.32 Å². The molecular weight excluding hydrogens is 150 g/mol. The molecule has 0 unspecified atom stereocenters. The van der Waals surface area contributed by atoms with E-state index in [1.54, 1.807) is 0 Å². The van der Waals surface area contributed by atoms with Gasteiger partial charge in [-0.25, -0.2) is 0 Å². The number of nitrogens with one attached hydrogen (secondary N) is 1. The van der Waals surface area contributed by atoms with Gasteiger partial charge in [-0.1, -0.05) is 0 Å². The predicted molar refractivity (Wildman–Crippen MR) is 37.8 cm³/mol. The molecule has 0 atom stereocenters. The van der Waals surface area contributed by atoms with Gasteiger partial charge >= 0.3 is 0 Å². The molecule has 0 fully saturated rings. The molecule has 0 radical (unpaired) electrons. The lowest BCUT2D eigenvalue weighted by Crippen LogP contribution is -2.40. The number of rotatable bonds is 5. The van der Waals surface area contributed by atoms with Gasteiger partial charge in [-0.15, -0.1) is 0 Å². The minimum atomic E-state index is -0.617. The Kier molecular flexibility index (Phi) is 5.73. The van der Waals surface area contributed by atoms with Gasteiger partial charge in [0.05, 0.1) is 25.9 Å². The summed E-state index contributed by atoms with van der Waals surface area (Å²) in [7, 11) is 0. The van der Waals surface area contributed by atoms with Crippen molar-refractivity contribution in [1.29, 1.82) is 0 Å². The van der Waals surface area contributed by atoms with E-state index in [2.05, 4.69) is 5.32 Å². The zero-order valence-electron chi connectivity index (χ0n) is 6.16. The normalized spacial score (nSPS) is 10.2. The third kappa shape index (κ3) is 4.72. The fourth-order valence-corrected chi connectivity index (χ4v) is 0.550. The molecule has 0 spiro atoms. The van der Waals surface area contributed by atoms with Crippen molar-refractivity contribution in [3.05, 3.63) is 0 Å². The molecule has 5 heteroatoms. The molecule has 0 saturated heterocycles. The van der Waals surface area contributed by atoms with Gasteiger partial charge in [0.15, 0.2) is 0 Å². The van der Waals surface area contributed by atoms with Gasteiger partial charge in [-0.3, -0.25) is 4.79 Å². The average molecular weight is 163 g/mol. The van der Waals surface area contributed by atoms with Gasteiger partial charge in [-0.2, -0.15) is 0 Å². The standard InChI is InChI=1S/C6H13NO4/c8-2-1-6(11)7-5(3-9)4-10/h5,8-10H,1-4H2,(H,7,11).